The van der Waals surface area contributed by atoms with Gasteiger partial charge < -0.3 is 11.1 Å². The molecule has 0 aliphatic heterocycles. The Morgan fingerprint density at radius 2 is 1.97 bits per heavy atom. The quantitative estimate of drug-likeness (QED) is 0.550. The number of hydrogen-bond acceptors (Lipinski definition) is 5. The van der Waals surface area contributed by atoms with E-state index < -0.39 is 21.7 Å². The molecule has 0 saturated carbocycles. The molecule has 1 heterocycles. The van der Waals surface area contributed by atoms with Crippen molar-refractivity contribution in [3.8, 4) is 0 Å². The Balaban J connectivity index is 1.90. The van der Waals surface area contributed by atoms with Crippen molar-refractivity contribution >= 4 is 38.9 Å². The van der Waals surface area contributed by atoms with Crippen LogP contribution in [0.5, 0.6) is 0 Å². The number of nitrogens with zero attached hydrogens (tertiary/aromatic N) is 1. The van der Waals surface area contributed by atoms with Gasteiger partial charge in [-0.05, 0) is 42.0 Å². The van der Waals surface area contributed by atoms with E-state index in [0.717, 1.165) is 6.07 Å². The molecule has 0 spiro atoms. The fourth-order valence-corrected chi connectivity index (χ4v) is 3.85. The summed E-state index contributed by atoms with van der Waals surface area (Å²) in [5.41, 5.74) is 6.28. The Bertz CT molecular complexity index is 1140. The third kappa shape index (κ3) is 4.70. The number of carbonyl (C=O) groups is 1. The van der Waals surface area contributed by atoms with Gasteiger partial charge in [0.15, 0.2) is 0 Å². The third-order valence-corrected chi connectivity index (χ3v) is 5.63. The molecule has 3 rings (SSSR count). The number of hydrogen-bond donors (Lipinski definition) is 3. The van der Waals surface area contributed by atoms with Gasteiger partial charge in [0.25, 0.3) is 15.9 Å². The number of halogens is 2. The Kier molecular flexibility index (Phi) is 6.12. The molecule has 1 amide bonds. The zero-order valence-corrected chi connectivity index (χ0v) is 16.5. The first-order chi connectivity index (χ1) is 13.8. The topological polar surface area (TPSA) is 114 Å². The summed E-state index contributed by atoms with van der Waals surface area (Å²) in [6, 6.07) is 11.3. The van der Waals surface area contributed by atoms with Gasteiger partial charge in [0.1, 0.15) is 10.7 Å². The average molecular weight is 435 g/mol. The minimum absolute atomic E-state index is 0.0319. The van der Waals surface area contributed by atoms with Gasteiger partial charge in [0, 0.05) is 24.6 Å². The van der Waals surface area contributed by atoms with Gasteiger partial charge in [-0.15, -0.1) is 0 Å². The van der Waals surface area contributed by atoms with Crippen LogP contribution in [0.25, 0.3) is 0 Å². The first kappa shape index (κ1) is 20.7. The number of nitrogens with two attached hydrogens (primary N) is 1. The van der Waals surface area contributed by atoms with E-state index in [-0.39, 0.29) is 33.4 Å². The van der Waals surface area contributed by atoms with E-state index in [0.29, 0.717) is 5.56 Å². The largest absolute Gasteiger partial charge is 0.326 e. The van der Waals surface area contributed by atoms with E-state index in [1.54, 1.807) is 6.07 Å². The molecule has 0 aliphatic carbocycles. The van der Waals surface area contributed by atoms with E-state index in [9.17, 15) is 17.6 Å². The van der Waals surface area contributed by atoms with E-state index >= 15 is 0 Å². The molecule has 0 aliphatic rings. The summed E-state index contributed by atoms with van der Waals surface area (Å²) in [6.45, 7) is 0.0538. The maximum Gasteiger partial charge on any atom is 0.263 e. The normalized spacial score (nSPS) is 11.1. The van der Waals surface area contributed by atoms with Gasteiger partial charge in [-0.25, -0.2) is 12.8 Å². The molecule has 0 bridgehead atoms. The van der Waals surface area contributed by atoms with Gasteiger partial charge in [0.05, 0.1) is 16.3 Å². The van der Waals surface area contributed by atoms with Crippen LogP contribution in [-0.2, 0) is 16.6 Å². The van der Waals surface area contributed by atoms with Crippen LogP contribution in [0.4, 0.5) is 15.8 Å². The van der Waals surface area contributed by atoms with Crippen molar-refractivity contribution in [2.45, 2.75) is 11.4 Å². The second kappa shape index (κ2) is 8.56. The number of rotatable bonds is 6. The monoisotopic (exact) mass is 434 g/mol. The molecular weight excluding hydrogens is 419 g/mol. The maximum absolute atomic E-state index is 14.0. The van der Waals surface area contributed by atoms with Crippen molar-refractivity contribution in [2.75, 3.05) is 10.0 Å². The van der Waals surface area contributed by atoms with Gasteiger partial charge in [0.2, 0.25) is 0 Å². The molecule has 0 fully saturated rings. The molecule has 0 radical (unpaired) electrons. The molecule has 150 valence electrons. The molecule has 0 saturated heterocycles. The lowest BCUT2D eigenvalue weighted by molar-refractivity contribution is 0.102. The van der Waals surface area contributed by atoms with Crippen LogP contribution in [0.2, 0.25) is 5.02 Å². The summed E-state index contributed by atoms with van der Waals surface area (Å²) in [5.74, 6) is -1.54. The number of anilines is 2. The number of sulfonamides is 1. The van der Waals surface area contributed by atoms with Crippen molar-refractivity contribution < 1.29 is 17.6 Å². The fraction of sp³-hybridized carbons (Fsp3) is 0.0526. The predicted octanol–water partition coefficient (Wildman–Crippen LogP) is 3.39. The molecule has 3 aromatic rings. The number of carbonyl (C=O) groups excluding carboxylic acids is 1. The molecule has 4 N–H and O–H groups in total. The lowest BCUT2D eigenvalue weighted by atomic mass is 10.1. The van der Waals surface area contributed by atoms with Gasteiger partial charge in [-0.1, -0.05) is 23.7 Å². The van der Waals surface area contributed by atoms with E-state index in [2.05, 4.69) is 15.0 Å². The molecule has 0 unspecified atom stereocenters. The zero-order valence-electron chi connectivity index (χ0n) is 14.9. The first-order valence-corrected chi connectivity index (χ1v) is 10.2. The van der Waals surface area contributed by atoms with Crippen LogP contribution >= 0.6 is 11.6 Å². The van der Waals surface area contributed by atoms with Crippen LogP contribution in [0.1, 0.15) is 15.9 Å². The number of aromatic nitrogens is 1. The standard InChI is InChI=1S/C19H16ClFN4O3S/c20-15-4-1-5-16(21)18(15)19(26)24-13-7-6-12(10-22)17(9-13)25-29(27,28)14-3-2-8-23-11-14/h1-9,11,25H,10,22H2,(H,24,26). The lowest BCUT2D eigenvalue weighted by Gasteiger charge is -2.14. The zero-order chi connectivity index (χ0) is 21.0. The second-order valence-corrected chi connectivity index (χ2v) is 8.01. The van der Waals surface area contributed by atoms with Crippen LogP contribution in [-0.4, -0.2) is 19.3 Å². The van der Waals surface area contributed by atoms with Crippen LogP contribution in [0, 0.1) is 5.82 Å². The van der Waals surface area contributed by atoms with E-state index in [1.165, 1.54) is 48.8 Å². The average Bonchev–Trinajstić information content (AvgIpc) is 2.68. The Morgan fingerprint density at radius 3 is 2.62 bits per heavy atom. The number of amides is 1. The molecule has 2 aromatic carbocycles. The van der Waals surface area contributed by atoms with Crippen LogP contribution in [0.3, 0.4) is 0 Å². The fourth-order valence-electron chi connectivity index (χ4n) is 2.55. The van der Waals surface area contributed by atoms with E-state index in [4.69, 9.17) is 17.3 Å². The second-order valence-electron chi connectivity index (χ2n) is 5.92. The minimum atomic E-state index is -3.92. The van der Waals surface area contributed by atoms with Crippen LogP contribution in [0.15, 0.2) is 65.8 Å². The van der Waals surface area contributed by atoms with Crippen molar-refractivity contribution in [2.24, 2.45) is 5.73 Å². The van der Waals surface area contributed by atoms with Crippen molar-refractivity contribution in [3.63, 3.8) is 0 Å². The summed E-state index contributed by atoms with van der Waals surface area (Å²) < 4.78 is 41.5. The maximum atomic E-state index is 14.0. The Labute approximate surface area is 171 Å². The smallest absolute Gasteiger partial charge is 0.263 e. The molecule has 1 aromatic heterocycles. The third-order valence-electron chi connectivity index (χ3n) is 3.97. The summed E-state index contributed by atoms with van der Waals surface area (Å²) in [7, 11) is -3.92. The van der Waals surface area contributed by atoms with Crippen LogP contribution < -0.4 is 15.8 Å². The summed E-state index contributed by atoms with van der Waals surface area (Å²) in [6.07, 6.45) is 2.66. The first-order valence-electron chi connectivity index (χ1n) is 8.33. The Hall–Kier alpha value is -3.01. The number of pyridine rings is 1. The summed E-state index contributed by atoms with van der Waals surface area (Å²) >= 11 is 5.91. The van der Waals surface area contributed by atoms with Crippen molar-refractivity contribution in [1.29, 1.82) is 0 Å². The van der Waals surface area contributed by atoms with Gasteiger partial charge >= 0.3 is 0 Å². The highest BCUT2D eigenvalue weighted by molar-refractivity contribution is 7.92. The van der Waals surface area contributed by atoms with Gasteiger partial charge in [-0.2, -0.15) is 0 Å². The Morgan fingerprint density at radius 1 is 1.17 bits per heavy atom. The number of nitrogens with one attached hydrogen (secondary N) is 2. The van der Waals surface area contributed by atoms with Gasteiger partial charge in [-0.3, -0.25) is 14.5 Å². The lowest BCUT2D eigenvalue weighted by Crippen LogP contribution is -2.17. The molecular formula is C19H16ClFN4O3S. The molecule has 7 nitrogen and oxygen atoms in total. The van der Waals surface area contributed by atoms with E-state index in [1.807, 2.05) is 0 Å². The SMILES string of the molecule is NCc1ccc(NC(=O)c2c(F)cccc2Cl)cc1NS(=O)(=O)c1cccnc1. The molecule has 10 heteroatoms. The minimum Gasteiger partial charge on any atom is -0.326 e. The summed E-state index contributed by atoms with van der Waals surface area (Å²) in [5, 5.41) is 2.46. The highest BCUT2D eigenvalue weighted by atomic mass is 35.5. The molecule has 29 heavy (non-hydrogen) atoms. The predicted molar refractivity (Wildman–Crippen MR) is 109 cm³/mol. The highest BCUT2D eigenvalue weighted by Gasteiger charge is 2.19. The summed E-state index contributed by atoms with van der Waals surface area (Å²) in [4.78, 5) is 16.2. The number of benzene rings is 2. The highest BCUT2D eigenvalue weighted by Crippen LogP contribution is 2.26. The molecule has 0 atom stereocenters. The van der Waals surface area contributed by atoms with Crippen molar-refractivity contribution in [1.82, 2.24) is 4.98 Å². The van der Waals surface area contributed by atoms with Crippen molar-refractivity contribution in [3.05, 3.63) is 82.9 Å².